The molecule has 0 aliphatic heterocycles. The van der Waals surface area contributed by atoms with Crippen molar-refractivity contribution < 1.29 is 13.9 Å². The first kappa shape index (κ1) is 19.4. The smallest absolute Gasteiger partial charge is 0.338 e. The largest absolute Gasteiger partial charge is 0.462 e. The molecule has 26 heavy (non-hydrogen) atoms. The molecule has 0 radical (unpaired) electrons. The summed E-state index contributed by atoms with van der Waals surface area (Å²) in [5, 5.41) is 6.39. The van der Waals surface area contributed by atoms with Crippen LogP contribution in [0.15, 0.2) is 53.5 Å². The number of aliphatic imine (C=N–C) groups is 1. The lowest BCUT2D eigenvalue weighted by Gasteiger charge is -2.11. The van der Waals surface area contributed by atoms with E-state index in [9.17, 15) is 9.18 Å². The molecule has 2 aromatic rings. The number of hydrogen-bond donors (Lipinski definition) is 2. The summed E-state index contributed by atoms with van der Waals surface area (Å²) in [5.41, 5.74) is 2.48. The quantitative estimate of drug-likeness (QED) is 0.454. The molecular formula is C20H24FN3O2. The van der Waals surface area contributed by atoms with Crippen LogP contribution in [0.1, 0.15) is 35.3 Å². The van der Waals surface area contributed by atoms with Crippen LogP contribution >= 0.6 is 0 Å². The van der Waals surface area contributed by atoms with Crippen molar-refractivity contribution in [1.82, 2.24) is 10.6 Å². The summed E-state index contributed by atoms with van der Waals surface area (Å²) < 4.78 is 17.9. The van der Waals surface area contributed by atoms with Gasteiger partial charge in [-0.1, -0.05) is 24.3 Å². The summed E-state index contributed by atoms with van der Waals surface area (Å²) in [7, 11) is 0. The monoisotopic (exact) mass is 357 g/mol. The van der Waals surface area contributed by atoms with E-state index in [2.05, 4.69) is 15.6 Å². The topological polar surface area (TPSA) is 62.7 Å². The second-order valence-electron chi connectivity index (χ2n) is 5.59. The third-order valence-corrected chi connectivity index (χ3v) is 3.60. The zero-order valence-corrected chi connectivity index (χ0v) is 15.1. The molecule has 0 bridgehead atoms. The number of carbonyl (C=O) groups excluding carboxylic acids is 1. The van der Waals surface area contributed by atoms with E-state index >= 15 is 0 Å². The second kappa shape index (κ2) is 10.2. The number of ether oxygens (including phenoxy) is 1. The molecular weight excluding hydrogens is 333 g/mol. The normalized spacial score (nSPS) is 11.1. The number of nitrogens with one attached hydrogen (secondary N) is 2. The SMILES string of the molecule is CCNC(=NCc1ccc(C(=O)OCC)cc1)NCc1ccc(F)cc1. The van der Waals surface area contributed by atoms with Gasteiger partial charge in [-0.25, -0.2) is 14.2 Å². The van der Waals surface area contributed by atoms with Gasteiger partial charge in [-0.15, -0.1) is 0 Å². The van der Waals surface area contributed by atoms with Crippen LogP contribution in [0.2, 0.25) is 0 Å². The van der Waals surface area contributed by atoms with Crippen molar-refractivity contribution in [1.29, 1.82) is 0 Å². The lowest BCUT2D eigenvalue weighted by molar-refractivity contribution is 0.0526. The first-order chi connectivity index (χ1) is 12.6. The average Bonchev–Trinajstić information content (AvgIpc) is 2.66. The Morgan fingerprint density at radius 3 is 2.27 bits per heavy atom. The Morgan fingerprint density at radius 1 is 1.00 bits per heavy atom. The van der Waals surface area contributed by atoms with Gasteiger partial charge in [0.15, 0.2) is 5.96 Å². The van der Waals surface area contributed by atoms with Crippen molar-refractivity contribution in [2.24, 2.45) is 4.99 Å². The molecule has 5 nitrogen and oxygen atoms in total. The standard InChI is InChI=1S/C20H24FN3O2/c1-3-22-20(24-14-16-7-11-18(21)12-8-16)23-13-15-5-9-17(10-6-15)19(25)26-4-2/h5-12H,3-4,13-14H2,1-2H3,(H2,22,23,24). The fraction of sp³-hybridized carbons (Fsp3) is 0.300. The maximum absolute atomic E-state index is 13.0. The summed E-state index contributed by atoms with van der Waals surface area (Å²) in [5.74, 6) is 0.101. The molecule has 0 fully saturated rings. The van der Waals surface area contributed by atoms with Gasteiger partial charge < -0.3 is 15.4 Å². The summed E-state index contributed by atoms with van der Waals surface area (Å²) in [4.78, 5) is 16.2. The highest BCUT2D eigenvalue weighted by Crippen LogP contribution is 2.07. The van der Waals surface area contributed by atoms with Crippen LogP contribution in [0.5, 0.6) is 0 Å². The van der Waals surface area contributed by atoms with Crippen molar-refractivity contribution in [2.75, 3.05) is 13.2 Å². The zero-order valence-electron chi connectivity index (χ0n) is 15.1. The molecule has 0 amide bonds. The highest BCUT2D eigenvalue weighted by atomic mass is 19.1. The first-order valence-electron chi connectivity index (χ1n) is 8.65. The highest BCUT2D eigenvalue weighted by Gasteiger charge is 2.05. The Kier molecular flexibility index (Phi) is 7.61. The third-order valence-electron chi connectivity index (χ3n) is 3.60. The predicted octanol–water partition coefficient (Wildman–Crippen LogP) is 3.26. The molecule has 0 aromatic heterocycles. The van der Waals surface area contributed by atoms with Crippen LogP contribution in [0.3, 0.4) is 0 Å². The maximum atomic E-state index is 13.0. The van der Waals surface area contributed by atoms with Crippen molar-refractivity contribution in [3.05, 3.63) is 71.0 Å². The van der Waals surface area contributed by atoms with E-state index in [1.165, 1.54) is 12.1 Å². The van der Waals surface area contributed by atoms with Crippen molar-refractivity contribution in [3.8, 4) is 0 Å². The van der Waals surface area contributed by atoms with Crippen molar-refractivity contribution in [3.63, 3.8) is 0 Å². The Bertz CT molecular complexity index is 728. The lowest BCUT2D eigenvalue weighted by atomic mass is 10.1. The molecule has 0 atom stereocenters. The molecule has 0 heterocycles. The van der Waals surface area contributed by atoms with Gasteiger partial charge in [-0.2, -0.15) is 0 Å². The number of halogens is 1. The minimum absolute atomic E-state index is 0.249. The van der Waals surface area contributed by atoms with E-state index in [4.69, 9.17) is 4.74 Å². The van der Waals surface area contributed by atoms with Crippen LogP contribution in [0.25, 0.3) is 0 Å². The lowest BCUT2D eigenvalue weighted by Crippen LogP contribution is -2.36. The van der Waals surface area contributed by atoms with Gasteiger partial charge in [0, 0.05) is 13.1 Å². The van der Waals surface area contributed by atoms with E-state index in [0.29, 0.717) is 31.2 Å². The average molecular weight is 357 g/mol. The van der Waals surface area contributed by atoms with Gasteiger partial charge in [-0.3, -0.25) is 0 Å². The van der Waals surface area contributed by atoms with Crippen molar-refractivity contribution in [2.45, 2.75) is 26.9 Å². The molecule has 2 rings (SSSR count). The zero-order chi connectivity index (χ0) is 18.8. The number of hydrogen-bond acceptors (Lipinski definition) is 3. The number of benzene rings is 2. The maximum Gasteiger partial charge on any atom is 0.338 e. The Balaban J connectivity index is 1.95. The summed E-state index contributed by atoms with van der Waals surface area (Å²) in [6.07, 6.45) is 0. The first-order valence-corrected chi connectivity index (χ1v) is 8.65. The minimum atomic E-state index is -0.322. The van der Waals surface area contributed by atoms with E-state index in [1.54, 1.807) is 31.2 Å². The van der Waals surface area contributed by atoms with Gasteiger partial charge in [0.2, 0.25) is 0 Å². The Morgan fingerprint density at radius 2 is 1.65 bits per heavy atom. The molecule has 0 saturated heterocycles. The van der Waals surface area contributed by atoms with E-state index in [0.717, 1.165) is 17.7 Å². The number of esters is 1. The Labute approximate surface area is 153 Å². The predicted molar refractivity (Wildman–Crippen MR) is 100 cm³/mol. The van der Waals surface area contributed by atoms with Gasteiger partial charge >= 0.3 is 5.97 Å². The summed E-state index contributed by atoms with van der Waals surface area (Å²) in [6.45, 7) is 5.88. The van der Waals surface area contributed by atoms with Gasteiger partial charge in [0.25, 0.3) is 0 Å². The molecule has 2 N–H and O–H groups in total. The third kappa shape index (κ3) is 6.20. The molecule has 0 unspecified atom stereocenters. The van der Waals surface area contributed by atoms with Crippen molar-refractivity contribution >= 4 is 11.9 Å². The van der Waals surface area contributed by atoms with E-state index in [-0.39, 0.29) is 11.8 Å². The molecule has 0 saturated carbocycles. The van der Waals surface area contributed by atoms with Gasteiger partial charge in [-0.05, 0) is 49.2 Å². The fourth-order valence-electron chi connectivity index (χ4n) is 2.26. The number of rotatable bonds is 7. The molecule has 0 aliphatic rings. The fourth-order valence-corrected chi connectivity index (χ4v) is 2.26. The number of guanidine groups is 1. The molecule has 138 valence electrons. The molecule has 0 spiro atoms. The number of nitrogens with zero attached hydrogens (tertiary/aromatic N) is 1. The van der Waals surface area contributed by atoms with Crippen LogP contribution in [0.4, 0.5) is 4.39 Å². The van der Waals surface area contributed by atoms with E-state index in [1.807, 2.05) is 19.1 Å². The van der Waals surface area contributed by atoms with Gasteiger partial charge in [0.05, 0.1) is 18.7 Å². The minimum Gasteiger partial charge on any atom is -0.462 e. The molecule has 0 aliphatic carbocycles. The Hall–Kier alpha value is -2.89. The van der Waals surface area contributed by atoms with Crippen LogP contribution in [-0.2, 0) is 17.8 Å². The molecule has 2 aromatic carbocycles. The summed E-state index contributed by atoms with van der Waals surface area (Å²) in [6, 6.07) is 13.5. The van der Waals surface area contributed by atoms with Crippen LogP contribution < -0.4 is 10.6 Å². The van der Waals surface area contributed by atoms with Crippen LogP contribution in [-0.4, -0.2) is 25.1 Å². The summed E-state index contributed by atoms with van der Waals surface area (Å²) >= 11 is 0. The molecule has 6 heteroatoms. The highest BCUT2D eigenvalue weighted by molar-refractivity contribution is 5.89. The second-order valence-corrected chi connectivity index (χ2v) is 5.59. The number of carbonyl (C=O) groups is 1. The van der Waals surface area contributed by atoms with Gasteiger partial charge in [0.1, 0.15) is 5.82 Å². The van der Waals surface area contributed by atoms with Crippen LogP contribution in [0, 0.1) is 5.82 Å². The van der Waals surface area contributed by atoms with E-state index < -0.39 is 0 Å².